The fourth-order valence-corrected chi connectivity index (χ4v) is 12.4. The maximum atomic E-state index is 13.6. The molecule has 5 amide bonds. The fraction of sp³-hybridized carbons (Fsp3) is 0.444. The van der Waals surface area contributed by atoms with Crippen molar-refractivity contribution in [3.8, 4) is 0 Å². The van der Waals surface area contributed by atoms with Crippen molar-refractivity contribution in [3.05, 3.63) is 55.5 Å². The van der Waals surface area contributed by atoms with Crippen molar-refractivity contribution in [3.63, 3.8) is 0 Å². The minimum absolute atomic E-state index is 0.0373. The molecule has 8 unspecified atom stereocenters. The van der Waals surface area contributed by atoms with E-state index in [0.717, 1.165) is 4.90 Å². The topological polar surface area (TPSA) is 318 Å². The number of carboxylic acid groups (broad SMARTS) is 1. The van der Waals surface area contributed by atoms with Crippen LogP contribution in [0.2, 0.25) is 20.1 Å². The van der Waals surface area contributed by atoms with Gasteiger partial charge in [0.05, 0.1) is 50.4 Å². The maximum Gasteiger partial charge on any atom is 0.310 e. The summed E-state index contributed by atoms with van der Waals surface area (Å²) in [7, 11) is 0. The van der Waals surface area contributed by atoms with E-state index in [9.17, 15) is 44.1 Å². The molecule has 11 rings (SSSR count). The molecule has 9 heterocycles. The fourth-order valence-electron chi connectivity index (χ4n) is 11.4. The van der Waals surface area contributed by atoms with E-state index in [1.807, 2.05) is 0 Å². The van der Waals surface area contributed by atoms with Crippen LogP contribution in [0.4, 0.5) is 23.3 Å². The number of carbonyl (C=O) groups excluding carboxylic acids is 5. The molecular formula is C36H32Cl4N14O9. The normalized spacial score (nSPS) is 34.8. The zero-order valence-electron chi connectivity index (χ0n) is 32.4. The highest BCUT2D eigenvalue weighted by Crippen LogP contribution is 2.63. The molecule has 27 heteroatoms. The van der Waals surface area contributed by atoms with Gasteiger partial charge in [0.1, 0.15) is 17.0 Å². The molecule has 0 saturated carbocycles. The zero-order chi connectivity index (χ0) is 44.9. The van der Waals surface area contributed by atoms with Crippen LogP contribution in [0.15, 0.2) is 24.3 Å². The van der Waals surface area contributed by atoms with E-state index in [1.165, 1.54) is 18.2 Å². The number of carboxylic acids is 1. The van der Waals surface area contributed by atoms with Crippen LogP contribution in [0.25, 0.3) is 0 Å². The van der Waals surface area contributed by atoms with Crippen molar-refractivity contribution in [2.45, 2.75) is 61.1 Å². The Balaban J connectivity index is 0.000000150. The average molecular weight is 947 g/mol. The third-order valence-electron chi connectivity index (χ3n) is 13.2. The number of tetrazole rings is 2. The molecule has 2 spiro atoms. The summed E-state index contributed by atoms with van der Waals surface area (Å²) >= 11 is 25.1. The van der Waals surface area contributed by atoms with E-state index >= 15 is 0 Å². The standard InChI is InChI=1S/C18H17Cl2N7O5.C18H15Cl2N7O4/c1-17(32)4-9-10(13(28)22-16-23-25-26-24-16)11(14(29)30)18(27(9)5-17)7-2-6(19)3-8(20)12(7)21-15(18)31;1-17(31)4-9-10-11(14(29)27(13(10)28)16-22-24-25-23-16)18(26(9)5-17)7-2-6(19)3-8(20)12(7)21-15(18)30/h2-3,9-11,32H,4-5H2,1H3,(H,21,31)(H,29,30)(H2,22,23,24,25,26,28);2-3,9-11,31H,4-5H2,1H3,(H,21,30)(H,22,23,24,25)/t2*9?,10?,11?,17-,18?/m00/s1. The Bertz CT molecular complexity index is 2710. The molecule has 63 heavy (non-hydrogen) atoms. The Hall–Kier alpha value is -5.40. The quantitative estimate of drug-likeness (QED) is 0.131. The second kappa shape index (κ2) is 13.8. The number of amides is 5. The van der Waals surface area contributed by atoms with Gasteiger partial charge in [-0.3, -0.25) is 43.9 Å². The van der Waals surface area contributed by atoms with Gasteiger partial charge in [-0.25, -0.2) is 4.90 Å². The second-order valence-corrected chi connectivity index (χ2v) is 18.8. The summed E-state index contributed by atoms with van der Waals surface area (Å²) in [5.41, 5.74) is -4.53. The van der Waals surface area contributed by atoms with Crippen molar-refractivity contribution < 1.29 is 44.1 Å². The molecule has 2 aromatic carbocycles. The van der Waals surface area contributed by atoms with Gasteiger partial charge in [0.15, 0.2) is 0 Å². The lowest BCUT2D eigenvalue weighted by Gasteiger charge is -2.37. The van der Waals surface area contributed by atoms with Gasteiger partial charge in [-0.15, -0.1) is 10.2 Å². The number of hydrogen-bond acceptors (Lipinski definition) is 16. The first-order valence-electron chi connectivity index (χ1n) is 19.2. The number of benzene rings is 2. The first kappa shape index (κ1) is 41.6. The van der Waals surface area contributed by atoms with Gasteiger partial charge in [-0.05, 0) is 61.4 Å². The van der Waals surface area contributed by atoms with E-state index in [1.54, 1.807) is 29.7 Å². The summed E-state index contributed by atoms with van der Waals surface area (Å²) in [4.78, 5) is 84.3. The Kier molecular flexibility index (Phi) is 9.11. The van der Waals surface area contributed by atoms with Crippen molar-refractivity contribution in [1.29, 1.82) is 0 Å². The van der Waals surface area contributed by atoms with E-state index in [4.69, 9.17) is 46.4 Å². The maximum absolute atomic E-state index is 13.6. The van der Waals surface area contributed by atoms with Crippen LogP contribution in [0, 0.1) is 23.7 Å². The number of carbonyl (C=O) groups is 6. The van der Waals surface area contributed by atoms with Gasteiger partial charge in [-0.2, -0.15) is 10.4 Å². The Morgan fingerprint density at radius 2 is 1.30 bits per heavy atom. The van der Waals surface area contributed by atoms with E-state index in [0.29, 0.717) is 11.3 Å². The largest absolute Gasteiger partial charge is 0.481 e. The van der Waals surface area contributed by atoms with Gasteiger partial charge in [-0.1, -0.05) is 56.6 Å². The number of anilines is 4. The first-order valence-corrected chi connectivity index (χ1v) is 20.7. The van der Waals surface area contributed by atoms with Gasteiger partial charge in [0.25, 0.3) is 23.7 Å². The number of halogens is 4. The number of hydrogen-bond donors (Lipinski definition) is 8. The van der Waals surface area contributed by atoms with Gasteiger partial charge < -0.3 is 26.0 Å². The second-order valence-electron chi connectivity index (χ2n) is 17.1. The number of rotatable bonds is 4. The predicted molar refractivity (Wildman–Crippen MR) is 216 cm³/mol. The summed E-state index contributed by atoms with van der Waals surface area (Å²) in [6, 6.07) is 4.67. The van der Waals surface area contributed by atoms with E-state index < -0.39 is 93.5 Å². The number of fused-ring (bicyclic) bond motifs is 11. The molecular weight excluding hydrogens is 914 g/mol. The number of aliphatic hydroxyl groups is 2. The molecule has 328 valence electrons. The van der Waals surface area contributed by atoms with Crippen molar-refractivity contribution in [2.24, 2.45) is 23.7 Å². The number of H-pyrrole nitrogens is 2. The molecule has 0 aliphatic carbocycles. The molecule has 5 fully saturated rings. The van der Waals surface area contributed by atoms with Crippen LogP contribution in [-0.2, 0) is 39.8 Å². The number of aliphatic carboxylic acids is 1. The van der Waals surface area contributed by atoms with Crippen molar-refractivity contribution in [2.75, 3.05) is 33.9 Å². The van der Waals surface area contributed by atoms with Crippen LogP contribution in [-0.4, -0.2) is 138 Å². The lowest BCUT2D eigenvalue weighted by atomic mass is 9.73. The number of nitrogens with zero attached hydrogens (tertiary/aromatic N) is 9. The minimum atomic E-state index is -1.81. The Morgan fingerprint density at radius 1 is 0.762 bits per heavy atom. The summed E-state index contributed by atoms with van der Waals surface area (Å²) < 4.78 is 0. The van der Waals surface area contributed by atoms with Gasteiger partial charge >= 0.3 is 5.97 Å². The minimum Gasteiger partial charge on any atom is -0.481 e. The molecule has 0 radical (unpaired) electrons. The third-order valence-corrected chi connectivity index (χ3v) is 14.3. The molecule has 5 saturated heterocycles. The molecule has 2 aromatic heterocycles. The van der Waals surface area contributed by atoms with Crippen molar-refractivity contribution >= 4 is 105 Å². The van der Waals surface area contributed by atoms with Crippen LogP contribution < -0.4 is 20.9 Å². The number of nitrogens with one attached hydrogen (secondary N) is 5. The monoisotopic (exact) mass is 944 g/mol. The molecule has 7 aliphatic rings. The lowest BCUT2D eigenvalue weighted by Crippen LogP contribution is -2.55. The number of aromatic nitrogens is 8. The highest BCUT2D eigenvalue weighted by Gasteiger charge is 2.77. The SMILES string of the molecule is C[C@]1(O)CC2C(C(=O)Nc3nn[nH]n3)C(C(=O)O)C3(C(=O)Nc4c(Cl)cc(Cl)cc43)N2C1.C[C@]1(O)CC2C3C(=O)N(c4nn[nH]n4)C(=O)C3C3(C(=O)Nc4c(Cl)cc(Cl)cc43)N2C1. The van der Waals surface area contributed by atoms with Crippen LogP contribution in [0.3, 0.4) is 0 Å². The summed E-state index contributed by atoms with van der Waals surface area (Å²) in [5.74, 6) is -9.34. The summed E-state index contributed by atoms with van der Waals surface area (Å²) in [6.45, 7) is 3.28. The van der Waals surface area contributed by atoms with Crippen LogP contribution in [0.1, 0.15) is 37.8 Å². The predicted octanol–water partition coefficient (Wildman–Crippen LogP) is 0.747. The third kappa shape index (κ3) is 5.66. The van der Waals surface area contributed by atoms with E-state index in [2.05, 4.69) is 57.2 Å². The first-order chi connectivity index (χ1) is 29.7. The Labute approximate surface area is 373 Å². The number of aromatic amines is 2. The van der Waals surface area contributed by atoms with Crippen LogP contribution in [0.5, 0.6) is 0 Å². The summed E-state index contributed by atoms with van der Waals surface area (Å²) in [5, 5.41) is 66.8. The molecule has 7 aliphatic heterocycles. The molecule has 4 aromatic rings. The smallest absolute Gasteiger partial charge is 0.310 e. The van der Waals surface area contributed by atoms with Crippen molar-refractivity contribution in [1.82, 2.24) is 51.0 Å². The zero-order valence-corrected chi connectivity index (χ0v) is 35.5. The van der Waals surface area contributed by atoms with Crippen LogP contribution >= 0.6 is 46.4 Å². The Morgan fingerprint density at radius 3 is 1.86 bits per heavy atom. The molecule has 23 nitrogen and oxygen atoms in total. The average Bonchev–Trinajstić information content (AvgIpc) is 4.06. The number of imide groups is 1. The lowest BCUT2D eigenvalue weighted by molar-refractivity contribution is -0.152. The highest BCUT2D eigenvalue weighted by atomic mass is 35.5. The molecule has 10 atom stereocenters. The highest BCUT2D eigenvalue weighted by molar-refractivity contribution is 6.39. The molecule has 0 bridgehead atoms. The van der Waals surface area contributed by atoms with Gasteiger partial charge in [0.2, 0.25) is 17.7 Å². The molecule has 8 N–H and O–H groups in total. The summed E-state index contributed by atoms with van der Waals surface area (Å²) in [6.07, 6.45) is 0.283. The van der Waals surface area contributed by atoms with Gasteiger partial charge in [0, 0.05) is 46.3 Å². The van der Waals surface area contributed by atoms with E-state index in [-0.39, 0.29) is 69.2 Å².